The summed E-state index contributed by atoms with van der Waals surface area (Å²) < 4.78 is 8.05. The van der Waals surface area contributed by atoms with Crippen molar-refractivity contribution in [2.75, 3.05) is 0 Å². The van der Waals surface area contributed by atoms with Crippen LogP contribution in [0, 0.1) is 6.92 Å². The zero-order chi connectivity index (χ0) is 11.1. The zero-order valence-corrected chi connectivity index (χ0v) is 9.47. The van der Waals surface area contributed by atoms with Gasteiger partial charge < -0.3 is 4.74 Å². The van der Waals surface area contributed by atoms with Crippen molar-refractivity contribution in [1.29, 1.82) is 0 Å². The normalized spacial score (nSPS) is 17.2. The van der Waals surface area contributed by atoms with Crippen LogP contribution in [-0.2, 0) is 0 Å². The lowest BCUT2D eigenvalue weighted by molar-refractivity contribution is -0.743. The summed E-state index contributed by atoms with van der Waals surface area (Å²) in [7, 11) is 0. The number of aromatic nitrogens is 1. The predicted molar refractivity (Wildman–Crippen MR) is 62.1 cm³/mol. The SMILES string of the molecule is Cc1ccc2c(c1)O[C@@H](C)[n+]1ccccc1-2. The molecule has 0 saturated heterocycles. The molecule has 0 N–H and O–H groups in total. The smallest absolute Gasteiger partial charge is 0.299 e. The first-order valence-corrected chi connectivity index (χ1v) is 5.53. The van der Waals surface area contributed by atoms with E-state index in [1.807, 2.05) is 6.07 Å². The third kappa shape index (κ3) is 1.30. The maximum absolute atomic E-state index is 5.90. The molecule has 1 aromatic carbocycles. The van der Waals surface area contributed by atoms with Gasteiger partial charge >= 0.3 is 0 Å². The van der Waals surface area contributed by atoms with Crippen LogP contribution in [-0.4, -0.2) is 0 Å². The molecule has 0 fully saturated rings. The van der Waals surface area contributed by atoms with E-state index in [4.69, 9.17) is 4.74 Å². The highest BCUT2D eigenvalue weighted by Crippen LogP contribution is 2.34. The molecule has 16 heavy (non-hydrogen) atoms. The summed E-state index contributed by atoms with van der Waals surface area (Å²) >= 11 is 0. The standard InChI is InChI=1S/C14H14NO/c1-10-6-7-12-13-5-3-4-8-15(13)11(2)16-14(12)9-10/h3-9,11H,1-2H3/q+1/t11-/m0/s1. The van der Waals surface area contributed by atoms with Crippen LogP contribution in [0.5, 0.6) is 5.75 Å². The van der Waals surface area contributed by atoms with Crippen molar-refractivity contribution in [2.24, 2.45) is 0 Å². The van der Waals surface area contributed by atoms with Crippen LogP contribution >= 0.6 is 0 Å². The van der Waals surface area contributed by atoms with Crippen molar-refractivity contribution >= 4 is 0 Å². The second-order valence-electron chi connectivity index (χ2n) is 4.21. The molecule has 0 aliphatic carbocycles. The van der Waals surface area contributed by atoms with Crippen LogP contribution in [0.15, 0.2) is 42.6 Å². The van der Waals surface area contributed by atoms with Crippen LogP contribution in [0.25, 0.3) is 11.3 Å². The second-order valence-corrected chi connectivity index (χ2v) is 4.21. The van der Waals surface area contributed by atoms with Crippen molar-refractivity contribution in [3.8, 4) is 17.0 Å². The largest absolute Gasteiger partial charge is 0.433 e. The Labute approximate surface area is 95.1 Å². The molecule has 0 bridgehead atoms. The van der Waals surface area contributed by atoms with Gasteiger partial charge in [0.25, 0.3) is 6.23 Å². The summed E-state index contributed by atoms with van der Waals surface area (Å²) in [5.41, 5.74) is 3.62. The number of pyridine rings is 1. The molecule has 1 atom stereocenters. The number of hydrogen-bond donors (Lipinski definition) is 0. The minimum atomic E-state index is 0.0606. The quantitative estimate of drug-likeness (QED) is 0.612. The van der Waals surface area contributed by atoms with E-state index in [0.717, 1.165) is 5.75 Å². The van der Waals surface area contributed by atoms with E-state index in [9.17, 15) is 0 Å². The zero-order valence-electron chi connectivity index (χ0n) is 9.47. The van der Waals surface area contributed by atoms with Gasteiger partial charge in [-0.3, -0.25) is 0 Å². The number of hydrogen-bond acceptors (Lipinski definition) is 1. The van der Waals surface area contributed by atoms with Crippen LogP contribution in [0.1, 0.15) is 18.7 Å². The molecule has 2 aromatic rings. The summed E-state index contributed by atoms with van der Waals surface area (Å²) in [5, 5.41) is 0. The van der Waals surface area contributed by atoms with Crippen molar-refractivity contribution in [3.05, 3.63) is 48.2 Å². The van der Waals surface area contributed by atoms with Gasteiger partial charge in [0.05, 0.1) is 5.56 Å². The minimum Gasteiger partial charge on any atom is -0.433 e. The maximum Gasteiger partial charge on any atom is 0.299 e. The Kier molecular flexibility index (Phi) is 1.96. The van der Waals surface area contributed by atoms with E-state index in [2.05, 4.69) is 54.9 Å². The summed E-state index contributed by atoms with van der Waals surface area (Å²) in [4.78, 5) is 0. The van der Waals surface area contributed by atoms with Gasteiger partial charge in [-0.1, -0.05) is 6.07 Å². The third-order valence-electron chi connectivity index (χ3n) is 2.99. The molecule has 0 amide bonds. The average molecular weight is 212 g/mol. The fourth-order valence-corrected chi connectivity index (χ4v) is 2.18. The topological polar surface area (TPSA) is 13.1 Å². The summed E-state index contributed by atoms with van der Waals surface area (Å²) in [6.45, 7) is 4.15. The Morgan fingerprint density at radius 3 is 2.94 bits per heavy atom. The molecular formula is C14H14NO+. The summed E-state index contributed by atoms with van der Waals surface area (Å²) in [6, 6.07) is 12.6. The van der Waals surface area contributed by atoms with E-state index in [-0.39, 0.29) is 6.23 Å². The highest BCUT2D eigenvalue weighted by Gasteiger charge is 2.28. The molecule has 0 spiro atoms. The Morgan fingerprint density at radius 2 is 2.06 bits per heavy atom. The van der Waals surface area contributed by atoms with Gasteiger partial charge in [-0.25, -0.2) is 0 Å². The lowest BCUT2D eigenvalue weighted by Crippen LogP contribution is -2.45. The van der Waals surface area contributed by atoms with E-state index in [1.54, 1.807) is 0 Å². The molecule has 2 nitrogen and oxygen atoms in total. The number of benzene rings is 1. The van der Waals surface area contributed by atoms with Gasteiger partial charge in [0, 0.05) is 19.1 Å². The Hall–Kier alpha value is -1.83. The number of aryl methyl sites for hydroxylation is 1. The third-order valence-corrected chi connectivity index (χ3v) is 2.99. The van der Waals surface area contributed by atoms with Crippen LogP contribution in [0.4, 0.5) is 0 Å². The first-order valence-electron chi connectivity index (χ1n) is 5.53. The van der Waals surface area contributed by atoms with Gasteiger partial charge in [-0.2, -0.15) is 4.57 Å². The van der Waals surface area contributed by atoms with E-state index in [1.165, 1.54) is 16.8 Å². The lowest BCUT2D eigenvalue weighted by Gasteiger charge is -2.20. The van der Waals surface area contributed by atoms with Gasteiger partial charge in [0.1, 0.15) is 5.75 Å². The molecule has 3 rings (SSSR count). The van der Waals surface area contributed by atoms with Gasteiger partial charge in [0.2, 0.25) is 5.69 Å². The van der Waals surface area contributed by atoms with Gasteiger partial charge in [-0.15, -0.1) is 0 Å². The maximum atomic E-state index is 5.90. The summed E-state index contributed by atoms with van der Waals surface area (Å²) in [6.07, 6.45) is 2.12. The monoisotopic (exact) mass is 212 g/mol. The molecule has 2 heterocycles. The van der Waals surface area contributed by atoms with E-state index >= 15 is 0 Å². The Morgan fingerprint density at radius 1 is 1.19 bits per heavy atom. The molecule has 0 saturated carbocycles. The Balaban J connectivity index is 2.27. The fraction of sp³-hybridized carbons (Fsp3) is 0.214. The fourth-order valence-electron chi connectivity index (χ4n) is 2.18. The number of nitrogens with zero attached hydrogens (tertiary/aromatic N) is 1. The molecule has 1 aromatic heterocycles. The first kappa shape index (κ1) is 9.40. The molecule has 0 radical (unpaired) electrons. The minimum absolute atomic E-state index is 0.0606. The van der Waals surface area contributed by atoms with E-state index in [0.29, 0.717) is 0 Å². The van der Waals surface area contributed by atoms with Crippen LogP contribution < -0.4 is 9.30 Å². The van der Waals surface area contributed by atoms with Crippen molar-refractivity contribution < 1.29 is 9.30 Å². The summed E-state index contributed by atoms with van der Waals surface area (Å²) in [5.74, 6) is 0.985. The average Bonchev–Trinajstić information content (AvgIpc) is 2.29. The predicted octanol–water partition coefficient (Wildman–Crippen LogP) is 2.86. The van der Waals surface area contributed by atoms with Crippen molar-refractivity contribution in [3.63, 3.8) is 0 Å². The van der Waals surface area contributed by atoms with Gasteiger partial charge in [-0.05, 0) is 30.7 Å². The lowest BCUT2D eigenvalue weighted by atomic mass is 10.1. The van der Waals surface area contributed by atoms with Crippen molar-refractivity contribution in [2.45, 2.75) is 20.1 Å². The van der Waals surface area contributed by atoms with Crippen molar-refractivity contribution in [1.82, 2.24) is 0 Å². The highest BCUT2D eigenvalue weighted by molar-refractivity contribution is 5.66. The van der Waals surface area contributed by atoms with Crippen LogP contribution in [0.2, 0.25) is 0 Å². The molecule has 1 aliphatic heterocycles. The number of rotatable bonds is 0. The molecule has 1 aliphatic rings. The molecule has 80 valence electrons. The Bertz CT molecular complexity index is 548. The number of fused-ring (bicyclic) bond motifs is 3. The van der Waals surface area contributed by atoms with Crippen LogP contribution in [0.3, 0.4) is 0 Å². The number of ether oxygens (including phenoxy) is 1. The highest BCUT2D eigenvalue weighted by atomic mass is 16.5. The van der Waals surface area contributed by atoms with E-state index < -0.39 is 0 Å². The second kappa shape index (κ2) is 3.34. The molecule has 0 unspecified atom stereocenters. The molecular weight excluding hydrogens is 198 g/mol. The van der Waals surface area contributed by atoms with Gasteiger partial charge in [0.15, 0.2) is 6.20 Å². The first-order chi connectivity index (χ1) is 7.75. The molecule has 2 heteroatoms.